The summed E-state index contributed by atoms with van der Waals surface area (Å²) in [5, 5.41) is 4.08. The number of carbonyl (C=O) groups excluding carboxylic acids is 1. The molecular weight excluding hydrogens is 232 g/mol. The molecule has 4 heteroatoms. The van der Waals surface area contributed by atoms with Crippen LogP contribution in [0.15, 0.2) is 23.3 Å². The molecule has 70 valence electrons. The van der Waals surface area contributed by atoms with Gasteiger partial charge in [0, 0.05) is 6.54 Å². The minimum Gasteiger partial charge on any atom is -0.288 e. The third kappa shape index (κ3) is 2.06. The minimum absolute atomic E-state index is 0.0992. The van der Waals surface area contributed by atoms with E-state index in [1.165, 1.54) is 6.08 Å². The molecule has 1 rings (SSSR count). The largest absolute Gasteiger partial charge is 0.288 e. The Bertz CT molecular complexity index is 330. The van der Waals surface area contributed by atoms with E-state index in [-0.39, 0.29) is 5.78 Å². The molecule has 0 fully saturated rings. The normalized spacial score (nSPS) is 10.0. The van der Waals surface area contributed by atoms with Gasteiger partial charge >= 0.3 is 0 Å². The van der Waals surface area contributed by atoms with E-state index in [0.717, 1.165) is 17.4 Å². The van der Waals surface area contributed by atoms with Crippen LogP contribution in [0.25, 0.3) is 0 Å². The van der Waals surface area contributed by atoms with Gasteiger partial charge in [-0.3, -0.25) is 9.48 Å². The van der Waals surface area contributed by atoms with Gasteiger partial charge in [0.15, 0.2) is 0 Å². The number of allylic oxidation sites excluding steroid dienone is 1. The Hall–Kier alpha value is -0.900. The first-order valence-corrected chi connectivity index (χ1v) is 4.88. The van der Waals surface area contributed by atoms with E-state index in [2.05, 4.69) is 27.6 Å². The number of nitrogens with zero attached hydrogens (tertiary/aromatic N) is 2. The van der Waals surface area contributed by atoms with Crippen LogP contribution in [-0.2, 0) is 6.54 Å². The summed E-state index contributed by atoms with van der Waals surface area (Å²) in [5.74, 6) is -0.0992. The van der Waals surface area contributed by atoms with Crippen LogP contribution in [-0.4, -0.2) is 15.6 Å². The average Bonchev–Trinajstić information content (AvgIpc) is 2.47. The summed E-state index contributed by atoms with van der Waals surface area (Å²) in [4.78, 5) is 11.4. The Kier molecular flexibility index (Phi) is 3.42. The Balaban J connectivity index is 3.07. The maximum atomic E-state index is 11.4. The molecule has 0 aliphatic heterocycles. The fourth-order valence-corrected chi connectivity index (χ4v) is 1.58. The van der Waals surface area contributed by atoms with Gasteiger partial charge in [0.05, 0.1) is 10.7 Å². The smallest absolute Gasteiger partial charge is 0.204 e. The summed E-state index contributed by atoms with van der Waals surface area (Å²) in [6.45, 7) is 6.24. The summed E-state index contributed by atoms with van der Waals surface area (Å²) in [7, 11) is 0. The van der Waals surface area contributed by atoms with Gasteiger partial charge in [0.2, 0.25) is 5.78 Å². The summed E-state index contributed by atoms with van der Waals surface area (Å²) >= 11 is 3.28. The van der Waals surface area contributed by atoms with E-state index in [9.17, 15) is 4.79 Å². The molecule has 0 aromatic carbocycles. The lowest BCUT2D eigenvalue weighted by atomic mass is 10.3. The molecule has 0 N–H and O–H groups in total. The number of aromatic nitrogens is 2. The summed E-state index contributed by atoms with van der Waals surface area (Å²) in [5.41, 5.74) is 0.580. The van der Waals surface area contributed by atoms with Gasteiger partial charge in [-0.1, -0.05) is 13.5 Å². The number of halogens is 1. The fraction of sp³-hybridized carbons (Fsp3) is 0.333. The van der Waals surface area contributed by atoms with Crippen molar-refractivity contribution >= 4 is 21.7 Å². The topological polar surface area (TPSA) is 34.9 Å². The fourth-order valence-electron chi connectivity index (χ4n) is 1.09. The zero-order valence-corrected chi connectivity index (χ0v) is 9.04. The van der Waals surface area contributed by atoms with Gasteiger partial charge in [0.25, 0.3) is 0 Å². The first-order valence-electron chi connectivity index (χ1n) is 4.08. The molecule has 3 nitrogen and oxygen atoms in total. The maximum Gasteiger partial charge on any atom is 0.204 e. The Morgan fingerprint density at radius 2 is 2.54 bits per heavy atom. The van der Waals surface area contributed by atoms with Crippen molar-refractivity contribution in [3.05, 3.63) is 29.0 Å². The van der Waals surface area contributed by atoms with Crippen molar-refractivity contribution in [2.24, 2.45) is 0 Å². The van der Waals surface area contributed by atoms with E-state index in [0.29, 0.717) is 5.69 Å². The Morgan fingerprint density at radius 1 is 1.85 bits per heavy atom. The van der Waals surface area contributed by atoms with Crippen molar-refractivity contribution in [3.8, 4) is 0 Å². The highest BCUT2D eigenvalue weighted by Crippen LogP contribution is 2.17. The lowest BCUT2D eigenvalue weighted by Gasteiger charge is -2.02. The monoisotopic (exact) mass is 242 g/mol. The predicted octanol–water partition coefficient (Wildman–Crippen LogP) is 2.42. The molecule has 0 radical (unpaired) electrons. The lowest BCUT2D eigenvalue weighted by Crippen LogP contribution is -2.08. The van der Waals surface area contributed by atoms with E-state index < -0.39 is 0 Å². The van der Waals surface area contributed by atoms with Gasteiger partial charge in [0.1, 0.15) is 5.69 Å². The number of rotatable bonds is 4. The van der Waals surface area contributed by atoms with Crippen molar-refractivity contribution in [1.82, 2.24) is 9.78 Å². The SMILES string of the molecule is C=CC(=O)c1c(Br)cnn1CCC. The molecule has 0 aliphatic carbocycles. The number of hydrogen-bond acceptors (Lipinski definition) is 2. The summed E-state index contributed by atoms with van der Waals surface area (Å²) < 4.78 is 2.42. The predicted molar refractivity (Wildman–Crippen MR) is 54.7 cm³/mol. The number of carbonyl (C=O) groups is 1. The molecule has 1 aromatic rings. The molecule has 0 amide bonds. The van der Waals surface area contributed by atoms with Crippen LogP contribution in [0.4, 0.5) is 0 Å². The van der Waals surface area contributed by atoms with Crippen LogP contribution in [0.5, 0.6) is 0 Å². The lowest BCUT2D eigenvalue weighted by molar-refractivity contribution is 0.103. The molecule has 0 atom stereocenters. The van der Waals surface area contributed by atoms with Crippen LogP contribution >= 0.6 is 15.9 Å². The number of aryl methyl sites for hydroxylation is 1. The van der Waals surface area contributed by atoms with Crippen molar-refractivity contribution in [2.75, 3.05) is 0 Å². The standard InChI is InChI=1S/C9H11BrN2O/c1-3-5-12-9(8(13)4-2)7(10)6-11-12/h4,6H,2-3,5H2,1H3. The Morgan fingerprint density at radius 3 is 3.08 bits per heavy atom. The van der Waals surface area contributed by atoms with Crippen LogP contribution in [0, 0.1) is 0 Å². The second kappa shape index (κ2) is 4.37. The zero-order chi connectivity index (χ0) is 9.84. The average molecular weight is 243 g/mol. The van der Waals surface area contributed by atoms with Crippen molar-refractivity contribution < 1.29 is 4.79 Å². The molecular formula is C9H11BrN2O. The van der Waals surface area contributed by atoms with E-state index >= 15 is 0 Å². The highest BCUT2D eigenvalue weighted by Gasteiger charge is 2.13. The molecule has 1 heterocycles. The Labute approximate surface area is 85.6 Å². The first kappa shape index (κ1) is 10.2. The van der Waals surface area contributed by atoms with Crippen molar-refractivity contribution in [1.29, 1.82) is 0 Å². The summed E-state index contributed by atoms with van der Waals surface area (Å²) in [6.07, 6.45) is 3.88. The van der Waals surface area contributed by atoms with Gasteiger partial charge in [-0.15, -0.1) is 0 Å². The van der Waals surface area contributed by atoms with E-state index in [1.807, 2.05) is 6.92 Å². The molecule has 13 heavy (non-hydrogen) atoms. The number of ketones is 1. The van der Waals surface area contributed by atoms with Gasteiger partial charge in [-0.05, 0) is 28.4 Å². The minimum atomic E-state index is -0.0992. The molecule has 0 spiro atoms. The highest BCUT2D eigenvalue weighted by atomic mass is 79.9. The molecule has 0 saturated heterocycles. The molecule has 0 unspecified atom stereocenters. The van der Waals surface area contributed by atoms with Crippen molar-refractivity contribution in [3.63, 3.8) is 0 Å². The van der Waals surface area contributed by atoms with Crippen LogP contribution in [0.1, 0.15) is 23.8 Å². The third-order valence-corrected chi connectivity index (χ3v) is 2.23. The molecule has 0 aliphatic rings. The quantitative estimate of drug-likeness (QED) is 0.601. The first-order chi connectivity index (χ1) is 6.20. The molecule has 0 bridgehead atoms. The number of hydrogen-bond donors (Lipinski definition) is 0. The van der Waals surface area contributed by atoms with Gasteiger partial charge in [-0.2, -0.15) is 5.10 Å². The second-order valence-electron chi connectivity index (χ2n) is 2.63. The van der Waals surface area contributed by atoms with Crippen LogP contribution in [0.2, 0.25) is 0 Å². The molecule has 1 aromatic heterocycles. The highest BCUT2D eigenvalue weighted by molar-refractivity contribution is 9.10. The van der Waals surface area contributed by atoms with Gasteiger partial charge < -0.3 is 0 Å². The van der Waals surface area contributed by atoms with Gasteiger partial charge in [-0.25, -0.2) is 0 Å². The molecule has 0 saturated carbocycles. The second-order valence-corrected chi connectivity index (χ2v) is 3.49. The van der Waals surface area contributed by atoms with E-state index in [1.54, 1.807) is 10.9 Å². The van der Waals surface area contributed by atoms with E-state index in [4.69, 9.17) is 0 Å². The maximum absolute atomic E-state index is 11.4. The third-order valence-electron chi connectivity index (χ3n) is 1.65. The summed E-state index contributed by atoms with van der Waals surface area (Å²) in [6, 6.07) is 0. The zero-order valence-electron chi connectivity index (χ0n) is 7.46. The van der Waals surface area contributed by atoms with Crippen molar-refractivity contribution in [2.45, 2.75) is 19.9 Å². The van der Waals surface area contributed by atoms with Crippen LogP contribution < -0.4 is 0 Å². The van der Waals surface area contributed by atoms with Crippen LogP contribution in [0.3, 0.4) is 0 Å².